The molecule has 0 aliphatic carbocycles. The van der Waals surface area contributed by atoms with Gasteiger partial charge in [-0.25, -0.2) is 0 Å². The van der Waals surface area contributed by atoms with Gasteiger partial charge < -0.3 is 10.6 Å². The van der Waals surface area contributed by atoms with Crippen molar-refractivity contribution in [3.8, 4) is 0 Å². The molecule has 1 aromatic heterocycles. The van der Waals surface area contributed by atoms with Gasteiger partial charge in [-0.15, -0.1) is 0 Å². The van der Waals surface area contributed by atoms with Gasteiger partial charge in [0, 0.05) is 17.7 Å². The first-order chi connectivity index (χ1) is 8.85. The van der Waals surface area contributed by atoms with E-state index in [1.807, 2.05) is 13.0 Å². The second kappa shape index (κ2) is 5.33. The van der Waals surface area contributed by atoms with Gasteiger partial charge in [0.1, 0.15) is 0 Å². The van der Waals surface area contributed by atoms with Crippen molar-refractivity contribution in [2.45, 2.75) is 34.1 Å². The minimum Gasteiger partial charge on any atom is -0.316 e. The first-order valence-electron chi connectivity index (χ1n) is 6.91. The van der Waals surface area contributed by atoms with E-state index in [4.69, 9.17) is 0 Å². The summed E-state index contributed by atoms with van der Waals surface area (Å²) in [7, 11) is 0. The van der Waals surface area contributed by atoms with Gasteiger partial charge in [-0.1, -0.05) is 27.7 Å². The molecule has 1 amide bonds. The standard InChI is InChI=1S/C14H24N4O/c1-9(10-7-15-8-10)13(19)16-12-5-11(17-18-12)6-14(2,3)4/h5,9-10,15H,6-8H2,1-4H3,(H2,16,17,18,19). The number of aromatic nitrogens is 2. The summed E-state index contributed by atoms with van der Waals surface area (Å²) in [6, 6.07) is 1.93. The summed E-state index contributed by atoms with van der Waals surface area (Å²) < 4.78 is 0. The van der Waals surface area contributed by atoms with Gasteiger partial charge in [0.25, 0.3) is 0 Å². The fourth-order valence-corrected chi connectivity index (χ4v) is 2.21. The van der Waals surface area contributed by atoms with Gasteiger partial charge >= 0.3 is 0 Å². The fourth-order valence-electron chi connectivity index (χ4n) is 2.21. The summed E-state index contributed by atoms with van der Waals surface area (Å²) in [5.74, 6) is 1.17. The van der Waals surface area contributed by atoms with Crippen LogP contribution in [0.4, 0.5) is 5.82 Å². The molecule has 1 atom stereocenters. The molecule has 0 saturated carbocycles. The minimum absolute atomic E-state index is 0.0315. The van der Waals surface area contributed by atoms with E-state index in [9.17, 15) is 4.79 Å². The molecule has 106 valence electrons. The van der Waals surface area contributed by atoms with Crippen LogP contribution in [0, 0.1) is 17.3 Å². The molecule has 1 unspecified atom stereocenters. The fraction of sp³-hybridized carbons (Fsp3) is 0.714. The number of H-pyrrole nitrogens is 1. The molecule has 0 aromatic carbocycles. The van der Waals surface area contributed by atoms with Crippen LogP contribution in [-0.2, 0) is 11.2 Å². The molecule has 3 N–H and O–H groups in total. The number of amides is 1. The smallest absolute Gasteiger partial charge is 0.228 e. The van der Waals surface area contributed by atoms with Gasteiger partial charge in [-0.05, 0) is 30.8 Å². The van der Waals surface area contributed by atoms with Crippen molar-refractivity contribution in [1.29, 1.82) is 0 Å². The molecule has 5 nitrogen and oxygen atoms in total. The zero-order valence-electron chi connectivity index (χ0n) is 12.2. The number of hydrogen-bond acceptors (Lipinski definition) is 3. The van der Waals surface area contributed by atoms with Crippen molar-refractivity contribution >= 4 is 11.7 Å². The number of aromatic amines is 1. The molecule has 1 aliphatic rings. The number of nitrogens with zero attached hydrogens (tertiary/aromatic N) is 1. The van der Waals surface area contributed by atoms with Crippen LogP contribution >= 0.6 is 0 Å². The number of hydrogen-bond donors (Lipinski definition) is 3. The van der Waals surface area contributed by atoms with E-state index >= 15 is 0 Å². The van der Waals surface area contributed by atoms with Crippen molar-refractivity contribution in [1.82, 2.24) is 15.5 Å². The van der Waals surface area contributed by atoms with Gasteiger partial charge in [0.2, 0.25) is 5.91 Å². The molecular weight excluding hydrogens is 240 g/mol. The highest BCUT2D eigenvalue weighted by Crippen LogP contribution is 2.21. The summed E-state index contributed by atoms with van der Waals surface area (Å²) in [5, 5.41) is 13.2. The number of nitrogens with one attached hydrogen (secondary N) is 3. The zero-order chi connectivity index (χ0) is 14.0. The normalized spacial score (nSPS) is 17.9. The van der Waals surface area contributed by atoms with E-state index in [-0.39, 0.29) is 17.2 Å². The van der Waals surface area contributed by atoms with Gasteiger partial charge in [-0.2, -0.15) is 5.10 Å². The highest BCUT2D eigenvalue weighted by atomic mass is 16.2. The summed E-state index contributed by atoms with van der Waals surface area (Å²) in [4.78, 5) is 12.0. The molecule has 1 aliphatic heterocycles. The van der Waals surface area contributed by atoms with Crippen LogP contribution in [0.2, 0.25) is 0 Å². The van der Waals surface area contributed by atoms with Crippen LogP contribution in [0.1, 0.15) is 33.4 Å². The van der Waals surface area contributed by atoms with Crippen LogP contribution in [-0.4, -0.2) is 29.2 Å². The Morgan fingerprint density at radius 3 is 2.74 bits per heavy atom. The molecule has 2 heterocycles. The van der Waals surface area contributed by atoms with E-state index in [0.717, 1.165) is 25.2 Å². The van der Waals surface area contributed by atoms with Crippen LogP contribution in [0.3, 0.4) is 0 Å². The van der Waals surface area contributed by atoms with Crippen LogP contribution in [0.5, 0.6) is 0 Å². The number of anilines is 1. The Morgan fingerprint density at radius 2 is 2.21 bits per heavy atom. The quantitative estimate of drug-likeness (QED) is 0.776. The highest BCUT2D eigenvalue weighted by molar-refractivity contribution is 5.91. The third-order valence-electron chi connectivity index (χ3n) is 3.54. The summed E-state index contributed by atoms with van der Waals surface area (Å²) in [6.45, 7) is 10.4. The Bertz CT molecular complexity index is 443. The lowest BCUT2D eigenvalue weighted by molar-refractivity contribution is -0.121. The first-order valence-corrected chi connectivity index (χ1v) is 6.91. The molecule has 0 bridgehead atoms. The second-order valence-electron chi connectivity index (χ2n) is 6.71. The molecule has 0 spiro atoms. The number of rotatable bonds is 4. The van der Waals surface area contributed by atoms with Crippen LogP contribution in [0.15, 0.2) is 6.07 Å². The topological polar surface area (TPSA) is 69.8 Å². The SMILES string of the molecule is CC(C(=O)Nc1cc(CC(C)(C)C)[nH]n1)C1CNC1. The van der Waals surface area contributed by atoms with E-state index in [1.165, 1.54) is 0 Å². The molecule has 1 fully saturated rings. The van der Waals surface area contributed by atoms with Crippen molar-refractivity contribution in [3.63, 3.8) is 0 Å². The predicted octanol–water partition coefficient (Wildman–Crippen LogP) is 1.79. The molecule has 0 radical (unpaired) electrons. The van der Waals surface area contributed by atoms with Gasteiger partial charge in [0.15, 0.2) is 5.82 Å². The Balaban J connectivity index is 1.90. The van der Waals surface area contributed by atoms with Crippen LogP contribution < -0.4 is 10.6 Å². The lowest BCUT2D eigenvalue weighted by Gasteiger charge is -2.31. The van der Waals surface area contributed by atoms with Crippen molar-refractivity contribution in [2.75, 3.05) is 18.4 Å². The molecule has 1 saturated heterocycles. The van der Waals surface area contributed by atoms with Crippen LogP contribution in [0.25, 0.3) is 0 Å². The molecule has 1 aromatic rings. The van der Waals surface area contributed by atoms with Crippen molar-refractivity contribution in [3.05, 3.63) is 11.8 Å². The largest absolute Gasteiger partial charge is 0.316 e. The summed E-state index contributed by atoms with van der Waals surface area (Å²) in [5.41, 5.74) is 1.26. The van der Waals surface area contributed by atoms with Gasteiger partial charge in [0.05, 0.1) is 0 Å². The maximum Gasteiger partial charge on any atom is 0.228 e. The number of carbonyl (C=O) groups is 1. The lowest BCUT2D eigenvalue weighted by Crippen LogP contribution is -2.48. The van der Waals surface area contributed by atoms with E-state index in [1.54, 1.807) is 0 Å². The zero-order valence-corrected chi connectivity index (χ0v) is 12.2. The second-order valence-corrected chi connectivity index (χ2v) is 6.71. The van der Waals surface area contributed by atoms with Crippen molar-refractivity contribution < 1.29 is 4.79 Å². The predicted molar refractivity (Wildman–Crippen MR) is 75.9 cm³/mol. The summed E-state index contributed by atoms with van der Waals surface area (Å²) >= 11 is 0. The molecular formula is C14H24N4O. The minimum atomic E-state index is 0.0315. The lowest BCUT2D eigenvalue weighted by atomic mass is 9.88. The average molecular weight is 264 g/mol. The Hall–Kier alpha value is -1.36. The summed E-state index contributed by atoms with van der Waals surface area (Å²) in [6.07, 6.45) is 0.915. The Kier molecular flexibility index (Phi) is 3.94. The highest BCUT2D eigenvalue weighted by Gasteiger charge is 2.29. The van der Waals surface area contributed by atoms with E-state index in [2.05, 4.69) is 41.6 Å². The maximum absolute atomic E-state index is 12.0. The van der Waals surface area contributed by atoms with E-state index < -0.39 is 0 Å². The number of carbonyl (C=O) groups excluding carboxylic acids is 1. The molecule has 2 rings (SSSR count). The van der Waals surface area contributed by atoms with E-state index in [0.29, 0.717) is 11.7 Å². The first kappa shape index (κ1) is 14.1. The third-order valence-corrected chi connectivity index (χ3v) is 3.54. The monoisotopic (exact) mass is 264 g/mol. The van der Waals surface area contributed by atoms with Crippen molar-refractivity contribution in [2.24, 2.45) is 17.3 Å². The average Bonchev–Trinajstić information content (AvgIpc) is 2.59. The Labute approximate surface area is 114 Å². The third kappa shape index (κ3) is 3.80. The Morgan fingerprint density at radius 1 is 1.53 bits per heavy atom. The van der Waals surface area contributed by atoms with Gasteiger partial charge in [-0.3, -0.25) is 9.89 Å². The molecule has 5 heteroatoms. The maximum atomic E-state index is 12.0. The molecule has 19 heavy (non-hydrogen) atoms.